The van der Waals surface area contributed by atoms with Gasteiger partial charge in [-0.3, -0.25) is 0 Å². The Morgan fingerprint density at radius 2 is 1.50 bits per heavy atom. The minimum Gasteiger partial charge on any atom is -0.872 e. The summed E-state index contributed by atoms with van der Waals surface area (Å²) in [4.78, 5) is 3.12. The number of aromatic nitrogens is 1. The van der Waals surface area contributed by atoms with Gasteiger partial charge in [-0.1, -0.05) is 46.7 Å². The Kier molecular flexibility index (Phi) is 5.67. The number of benzene rings is 2. The Balaban J connectivity index is 0.00000176. The number of hydrogen-bond donors (Lipinski definition) is 0. The molecule has 3 aromatic rings. The molecule has 5 heteroatoms. The molecular formula is C17H13MgNO2P+3. The van der Waals surface area contributed by atoms with E-state index in [1.54, 1.807) is 18.2 Å². The Labute approximate surface area is 146 Å². The van der Waals surface area contributed by atoms with E-state index in [1.807, 2.05) is 48.5 Å². The summed E-state index contributed by atoms with van der Waals surface area (Å²) in [6.45, 7) is 0. The van der Waals surface area contributed by atoms with Gasteiger partial charge in [-0.2, -0.15) is 4.98 Å². The van der Waals surface area contributed by atoms with E-state index in [4.69, 9.17) is 0 Å². The molecule has 0 aliphatic heterocycles. The molecule has 3 rings (SSSR count). The molecule has 0 saturated heterocycles. The van der Waals surface area contributed by atoms with Crippen molar-refractivity contribution < 1.29 is 14.7 Å². The van der Waals surface area contributed by atoms with E-state index in [9.17, 15) is 9.67 Å². The van der Waals surface area contributed by atoms with Crippen molar-refractivity contribution in [2.24, 2.45) is 0 Å². The molecule has 0 radical (unpaired) electrons. The number of nitrogens with one attached hydrogen (secondary N) is 1. The molecule has 1 unspecified atom stereocenters. The van der Waals surface area contributed by atoms with Crippen LogP contribution in [0, 0.1) is 0 Å². The molecule has 3 nitrogen and oxygen atoms in total. The van der Waals surface area contributed by atoms with Crippen molar-refractivity contribution in [3.8, 4) is 17.0 Å². The molecular weight excluding hydrogens is 305 g/mol. The maximum Gasteiger partial charge on any atom is 2.00 e. The van der Waals surface area contributed by atoms with Crippen molar-refractivity contribution in [1.29, 1.82) is 0 Å². The van der Waals surface area contributed by atoms with Crippen LogP contribution in [0.1, 0.15) is 0 Å². The summed E-state index contributed by atoms with van der Waals surface area (Å²) in [6, 6.07) is 21.5. The van der Waals surface area contributed by atoms with Gasteiger partial charge < -0.3 is 5.11 Å². The molecule has 0 saturated carbocycles. The van der Waals surface area contributed by atoms with Crippen LogP contribution in [0.15, 0.2) is 72.8 Å². The maximum atomic E-state index is 12.6. The zero-order valence-electron chi connectivity index (χ0n) is 11.9. The van der Waals surface area contributed by atoms with Crippen LogP contribution < -0.4 is 20.8 Å². The van der Waals surface area contributed by atoms with Crippen molar-refractivity contribution in [2.45, 2.75) is 0 Å². The van der Waals surface area contributed by atoms with Gasteiger partial charge in [0.15, 0.2) is 0 Å². The zero-order chi connectivity index (χ0) is 14.7. The average molecular weight is 319 g/mol. The standard InChI is InChI=1S/C17H12NO2P.Mg/c19-16-11-5-4-9-14(16)15-10-6-12-17(18-15)21(20)13-7-2-1-3-8-13;/h1-12H;/q;+2/p+1. The van der Waals surface area contributed by atoms with Crippen molar-refractivity contribution >= 4 is 41.6 Å². The van der Waals surface area contributed by atoms with E-state index in [-0.39, 0.29) is 28.8 Å². The van der Waals surface area contributed by atoms with Crippen LogP contribution in [0.3, 0.4) is 0 Å². The normalized spacial score (nSPS) is 10.6. The van der Waals surface area contributed by atoms with Gasteiger partial charge in [0.25, 0.3) is 0 Å². The molecule has 1 atom stereocenters. The summed E-state index contributed by atoms with van der Waals surface area (Å²) in [5, 5.41) is 12.6. The second kappa shape index (κ2) is 7.50. The molecule has 0 fully saturated rings. The summed E-state index contributed by atoms with van der Waals surface area (Å²) in [6.07, 6.45) is 0. The average Bonchev–Trinajstić information content (AvgIpc) is 2.55. The van der Waals surface area contributed by atoms with Crippen molar-refractivity contribution in [2.75, 3.05) is 0 Å². The minimum absolute atomic E-state index is 0. The van der Waals surface area contributed by atoms with Crippen molar-refractivity contribution in [3.63, 3.8) is 0 Å². The van der Waals surface area contributed by atoms with Gasteiger partial charge in [0.1, 0.15) is 0 Å². The number of aromatic amines is 1. The summed E-state index contributed by atoms with van der Waals surface area (Å²) in [7, 11) is -1.69. The van der Waals surface area contributed by atoms with Crippen LogP contribution in [0.5, 0.6) is 5.75 Å². The summed E-state index contributed by atoms with van der Waals surface area (Å²) in [5.41, 5.74) is 1.87. The van der Waals surface area contributed by atoms with E-state index in [1.165, 1.54) is 6.07 Å². The van der Waals surface area contributed by atoms with Crippen LogP contribution in [-0.2, 0) is 4.57 Å². The number of para-hydroxylation sites is 1. The fourth-order valence-electron chi connectivity index (χ4n) is 2.12. The maximum absolute atomic E-state index is 12.6. The van der Waals surface area contributed by atoms with E-state index in [0.29, 0.717) is 16.7 Å². The van der Waals surface area contributed by atoms with Gasteiger partial charge in [-0.05, 0) is 24.3 Å². The smallest absolute Gasteiger partial charge is 0.872 e. The molecule has 1 N–H and O–H groups in total. The van der Waals surface area contributed by atoms with E-state index < -0.39 is 7.80 Å². The van der Waals surface area contributed by atoms with Gasteiger partial charge in [0.05, 0.1) is 6.07 Å². The Hall–Kier alpha value is -1.74. The Bertz CT molecular complexity index is 793. The summed E-state index contributed by atoms with van der Waals surface area (Å²) in [5.74, 6) is -0.0548. The first kappa shape index (κ1) is 16.6. The third-order valence-electron chi connectivity index (χ3n) is 3.17. The van der Waals surface area contributed by atoms with Crippen LogP contribution in [0.4, 0.5) is 0 Å². The molecule has 0 aliphatic rings. The molecule has 0 amide bonds. The van der Waals surface area contributed by atoms with Crippen molar-refractivity contribution in [3.05, 3.63) is 72.8 Å². The van der Waals surface area contributed by atoms with Crippen LogP contribution in [-0.4, -0.2) is 23.1 Å². The molecule has 1 aromatic heterocycles. The molecule has 0 bridgehead atoms. The second-order valence-corrected chi connectivity index (χ2v) is 6.16. The molecule has 102 valence electrons. The minimum atomic E-state index is -1.69. The van der Waals surface area contributed by atoms with Crippen molar-refractivity contribution in [1.82, 2.24) is 0 Å². The molecule has 22 heavy (non-hydrogen) atoms. The molecule has 0 aliphatic carbocycles. The third-order valence-corrected chi connectivity index (χ3v) is 4.63. The van der Waals surface area contributed by atoms with Gasteiger partial charge in [-0.15, -0.1) is 0 Å². The van der Waals surface area contributed by atoms with E-state index >= 15 is 0 Å². The van der Waals surface area contributed by atoms with Crippen LogP contribution in [0.25, 0.3) is 11.3 Å². The first-order valence-corrected chi connectivity index (χ1v) is 7.83. The summed E-state index contributed by atoms with van der Waals surface area (Å²) >= 11 is 0. The predicted molar refractivity (Wildman–Crippen MR) is 87.0 cm³/mol. The van der Waals surface area contributed by atoms with Gasteiger partial charge >= 0.3 is 36.3 Å². The van der Waals surface area contributed by atoms with Crippen LogP contribution >= 0.6 is 7.80 Å². The number of pyridine rings is 1. The van der Waals surface area contributed by atoms with Gasteiger partial charge in [0, 0.05) is 11.6 Å². The van der Waals surface area contributed by atoms with Crippen LogP contribution in [0.2, 0.25) is 0 Å². The first-order valence-electron chi connectivity index (χ1n) is 6.57. The predicted octanol–water partition coefficient (Wildman–Crippen LogP) is 1.64. The monoisotopic (exact) mass is 318 g/mol. The number of rotatable bonds is 3. The molecule has 0 spiro atoms. The van der Waals surface area contributed by atoms with E-state index in [2.05, 4.69) is 4.98 Å². The zero-order valence-corrected chi connectivity index (χ0v) is 14.2. The fourth-order valence-corrected chi connectivity index (χ4v) is 3.29. The van der Waals surface area contributed by atoms with Gasteiger partial charge in [0.2, 0.25) is 11.0 Å². The molecule has 1 heterocycles. The van der Waals surface area contributed by atoms with Gasteiger partial charge in [-0.25, -0.2) is 0 Å². The Morgan fingerprint density at radius 3 is 2.23 bits per heavy atom. The quantitative estimate of drug-likeness (QED) is 0.544. The summed E-state index contributed by atoms with van der Waals surface area (Å²) < 4.78 is 12.6. The fraction of sp³-hybridized carbons (Fsp3) is 0. The first-order chi connectivity index (χ1) is 10.3. The molecule has 2 aromatic carbocycles. The second-order valence-electron chi connectivity index (χ2n) is 4.58. The SMILES string of the molecule is O=[P+](c1ccccc1)c1cccc(-c2ccccc2[O-])[nH+]1.[Mg+2]. The largest absolute Gasteiger partial charge is 2.00 e. The topological polar surface area (TPSA) is 54.3 Å². The number of H-pyrrole nitrogens is 1. The van der Waals surface area contributed by atoms with E-state index in [0.717, 1.165) is 5.30 Å². The third kappa shape index (κ3) is 3.53. The number of hydrogen-bond acceptors (Lipinski definition) is 2. The Morgan fingerprint density at radius 1 is 0.818 bits per heavy atom.